The van der Waals surface area contributed by atoms with Gasteiger partial charge in [0.05, 0.1) is 6.54 Å². The first-order chi connectivity index (χ1) is 7.99. The number of hydrogen-bond acceptors (Lipinski definition) is 4. The smallest absolute Gasteiger partial charge is 0.371 e. The van der Waals surface area contributed by atoms with Crippen molar-refractivity contribution in [3.8, 4) is 0 Å². The van der Waals surface area contributed by atoms with E-state index in [0.29, 0.717) is 5.76 Å². The lowest BCUT2D eigenvalue weighted by atomic mass is 10.1. The van der Waals surface area contributed by atoms with Crippen LogP contribution in [-0.4, -0.2) is 27.8 Å². The van der Waals surface area contributed by atoms with Crippen LogP contribution in [0.4, 0.5) is 0 Å². The van der Waals surface area contributed by atoms with Crippen LogP contribution in [-0.2, 0) is 16.1 Å². The Labute approximate surface area is 96.8 Å². The molecule has 0 aliphatic carbocycles. The molecule has 1 aliphatic heterocycles. The molecule has 1 saturated heterocycles. The zero-order valence-electron chi connectivity index (χ0n) is 9.17. The van der Waals surface area contributed by atoms with Gasteiger partial charge in [-0.3, -0.25) is 14.5 Å². The summed E-state index contributed by atoms with van der Waals surface area (Å²) >= 11 is 0. The molecule has 6 heteroatoms. The highest BCUT2D eigenvalue weighted by molar-refractivity contribution is 6.03. The molecule has 1 aliphatic rings. The van der Waals surface area contributed by atoms with Crippen LogP contribution in [0.3, 0.4) is 0 Å². The van der Waals surface area contributed by atoms with E-state index < -0.39 is 5.97 Å². The minimum absolute atomic E-state index is 0.00468. The molecule has 90 valence electrons. The van der Waals surface area contributed by atoms with Crippen LogP contribution in [0.2, 0.25) is 0 Å². The Bertz CT molecular complexity index is 490. The topological polar surface area (TPSA) is 87.8 Å². The van der Waals surface area contributed by atoms with Gasteiger partial charge < -0.3 is 9.52 Å². The highest BCUT2D eigenvalue weighted by Gasteiger charge is 2.35. The molecular formula is C11H11NO5. The number of carbonyl (C=O) groups excluding carboxylic acids is 2. The third kappa shape index (κ3) is 2.06. The van der Waals surface area contributed by atoms with Gasteiger partial charge >= 0.3 is 5.97 Å². The number of amides is 2. The Morgan fingerprint density at radius 1 is 1.53 bits per heavy atom. The molecule has 1 atom stereocenters. The van der Waals surface area contributed by atoms with Gasteiger partial charge in [-0.1, -0.05) is 6.92 Å². The zero-order valence-corrected chi connectivity index (χ0v) is 9.17. The molecular weight excluding hydrogens is 226 g/mol. The van der Waals surface area contributed by atoms with Gasteiger partial charge in [-0.2, -0.15) is 0 Å². The molecule has 1 aromatic heterocycles. The number of furan rings is 1. The van der Waals surface area contributed by atoms with Crippen molar-refractivity contribution in [3.05, 3.63) is 23.7 Å². The summed E-state index contributed by atoms with van der Waals surface area (Å²) in [5.41, 5.74) is 0. The average Bonchev–Trinajstić information content (AvgIpc) is 2.80. The molecule has 2 amide bonds. The molecule has 1 aromatic rings. The summed E-state index contributed by atoms with van der Waals surface area (Å²) in [7, 11) is 0. The van der Waals surface area contributed by atoms with Crippen LogP contribution in [0, 0.1) is 5.92 Å². The van der Waals surface area contributed by atoms with E-state index >= 15 is 0 Å². The van der Waals surface area contributed by atoms with E-state index in [0.717, 1.165) is 4.90 Å². The van der Waals surface area contributed by atoms with E-state index in [1.165, 1.54) is 12.1 Å². The quantitative estimate of drug-likeness (QED) is 0.788. The number of carbonyl (C=O) groups is 3. The van der Waals surface area contributed by atoms with Crippen molar-refractivity contribution in [2.75, 3.05) is 0 Å². The van der Waals surface area contributed by atoms with E-state index in [4.69, 9.17) is 9.52 Å². The maximum atomic E-state index is 11.6. The first-order valence-electron chi connectivity index (χ1n) is 5.15. The number of nitrogens with zero attached hydrogens (tertiary/aromatic N) is 1. The summed E-state index contributed by atoms with van der Waals surface area (Å²) < 4.78 is 4.99. The van der Waals surface area contributed by atoms with Gasteiger partial charge in [0.15, 0.2) is 0 Å². The van der Waals surface area contributed by atoms with Gasteiger partial charge in [0.1, 0.15) is 5.76 Å². The van der Waals surface area contributed by atoms with E-state index in [2.05, 4.69) is 0 Å². The van der Waals surface area contributed by atoms with Crippen molar-refractivity contribution in [2.24, 2.45) is 5.92 Å². The van der Waals surface area contributed by atoms with Gasteiger partial charge in [-0.25, -0.2) is 4.79 Å². The number of aromatic carboxylic acids is 1. The fourth-order valence-electron chi connectivity index (χ4n) is 1.75. The SMILES string of the molecule is CC1CC(=O)N(Cc2ccc(C(=O)O)o2)C1=O. The third-order valence-corrected chi connectivity index (χ3v) is 2.66. The average molecular weight is 237 g/mol. The predicted molar refractivity (Wildman–Crippen MR) is 55.0 cm³/mol. The fourth-order valence-corrected chi connectivity index (χ4v) is 1.75. The lowest BCUT2D eigenvalue weighted by Gasteiger charge is -2.11. The third-order valence-electron chi connectivity index (χ3n) is 2.66. The van der Waals surface area contributed by atoms with Gasteiger partial charge in [0.2, 0.25) is 17.6 Å². The lowest BCUT2D eigenvalue weighted by Crippen LogP contribution is -2.29. The first kappa shape index (κ1) is 11.4. The molecule has 0 saturated carbocycles. The molecule has 0 radical (unpaired) electrons. The summed E-state index contributed by atoms with van der Waals surface area (Å²) in [5.74, 6) is -1.90. The fraction of sp³-hybridized carbons (Fsp3) is 0.364. The number of rotatable bonds is 3. The van der Waals surface area contributed by atoms with Gasteiger partial charge in [-0.05, 0) is 12.1 Å². The minimum Gasteiger partial charge on any atom is -0.475 e. The lowest BCUT2D eigenvalue weighted by molar-refractivity contribution is -0.140. The largest absolute Gasteiger partial charge is 0.475 e. The number of hydrogen-bond donors (Lipinski definition) is 1. The number of carboxylic acids is 1. The van der Waals surface area contributed by atoms with Crippen LogP contribution in [0.5, 0.6) is 0 Å². The molecule has 1 unspecified atom stereocenters. The molecule has 2 heterocycles. The van der Waals surface area contributed by atoms with E-state index in [9.17, 15) is 14.4 Å². The second kappa shape index (κ2) is 4.04. The first-order valence-corrected chi connectivity index (χ1v) is 5.15. The Hall–Kier alpha value is -2.11. The highest BCUT2D eigenvalue weighted by atomic mass is 16.4. The maximum absolute atomic E-state index is 11.6. The monoisotopic (exact) mass is 237 g/mol. The molecule has 6 nitrogen and oxygen atoms in total. The van der Waals surface area contributed by atoms with Crippen molar-refractivity contribution in [1.29, 1.82) is 0 Å². The van der Waals surface area contributed by atoms with Gasteiger partial charge in [-0.15, -0.1) is 0 Å². The Kier molecular flexibility index (Phi) is 2.71. The summed E-state index contributed by atoms with van der Waals surface area (Å²) in [6.45, 7) is 1.68. The molecule has 0 aromatic carbocycles. The van der Waals surface area contributed by atoms with Crippen LogP contribution in [0.1, 0.15) is 29.7 Å². The Morgan fingerprint density at radius 3 is 2.71 bits per heavy atom. The minimum atomic E-state index is -1.18. The van der Waals surface area contributed by atoms with Gasteiger partial charge in [0, 0.05) is 12.3 Å². The number of carboxylic acid groups (broad SMARTS) is 1. The van der Waals surface area contributed by atoms with E-state index in [1.807, 2.05) is 0 Å². The molecule has 1 fully saturated rings. The summed E-state index contributed by atoms with van der Waals surface area (Å²) in [6, 6.07) is 2.75. The van der Waals surface area contributed by atoms with Crippen molar-refractivity contribution >= 4 is 17.8 Å². The molecule has 2 rings (SSSR count). The van der Waals surface area contributed by atoms with Crippen molar-refractivity contribution < 1.29 is 23.9 Å². The molecule has 0 bridgehead atoms. The van der Waals surface area contributed by atoms with E-state index in [-0.39, 0.29) is 36.5 Å². The summed E-state index contributed by atoms with van der Waals surface area (Å²) in [4.78, 5) is 34.8. The molecule has 17 heavy (non-hydrogen) atoms. The van der Waals surface area contributed by atoms with Crippen LogP contribution < -0.4 is 0 Å². The molecule has 0 spiro atoms. The zero-order chi connectivity index (χ0) is 12.6. The van der Waals surface area contributed by atoms with Crippen LogP contribution in [0.25, 0.3) is 0 Å². The van der Waals surface area contributed by atoms with Crippen LogP contribution in [0.15, 0.2) is 16.5 Å². The van der Waals surface area contributed by atoms with E-state index in [1.54, 1.807) is 6.92 Å². The second-order valence-corrected chi connectivity index (χ2v) is 3.99. The predicted octanol–water partition coefficient (Wildman–Crippen LogP) is 0.873. The van der Waals surface area contributed by atoms with Crippen molar-refractivity contribution in [1.82, 2.24) is 4.90 Å². The van der Waals surface area contributed by atoms with Crippen molar-refractivity contribution in [3.63, 3.8) is 0 Å². The number of imide groups is 1. The molecule has 1 N–H and O–H groups in total. The van der Waals surface area contributed by atoms with Crippen LogP contribution >= 0.6 is 0 Å². The summed E-state index contributed by atoms with van der Waals surface area (Å²) in [6.07, 6.45) is 0.200. The Morgan fingerprint density at radius 2 is 2.24 bits per heavy atom. The summed E-state index contributed by atoms with van der Waals surface area (Å²) in [5, 5.41) is 8.66. The second-order valence-electron chi connectivity index (χ2n) is 3.99. The normalized spacial score (nSPS) is 20.1. The highest BCUT2D eigenvalue weighted by Crippen LogP contribution is 2.21. The Balaban J connectivity index is 2.13. The number of likely N-dealkylation sites (tertiary alicyclic amines) is 1. The van der Waals surface area contributed by atoms with Gasteiger partial charge in [0.25, 0.3) is 0 Å². The standard InChI is InChI=1S/C11H11NO5/c1-6-4-9(13)12(10(6)14)5-7-2-3-8(17-7)11(15)16/h2-3,6H,4-5H2,1H3,(H,15,16). The van der Waals surface area contributed by atoms with Crippen molar-refractivity contribution in [2.45, 2.75) is 19.9 Å². The maximum Gasteiger partial charge on any atom is 0.371 e.